The molecule has 0 saturated heterocycles. The molecule has 534 valence electrons. The first-order valence-electron chi connectivity index (χ1n) is 39.5. The maximum atomic E-state index is 5.48. The SMILES string of the molecule is c1ccc(-c2c(-c3ccccc3)c(-c3ccccc3)c3c4cccc5c6c(-c7ccc(-c8nc9ccccc9n8-c8ccccc8)cc7)c(-c7ccc(-n8c9ccccc9c9ccccc98)cc7)c(-c7ccccc7)c(-c7ccc(-c8nc9ccccc9n8-c8ccccc8)cc7)c6c6cccc(c3c2-c2ccccc2)c6c45)cc1. The Morgan fingerprint density at radius 2 is 0.365 bits per heavy atom. The number of aromatic nitrogens is 5. The van der Waals surface area contributed by atoms with Crippen LogP contribution in [0.4, 0.5) is 0 Å². The predicted octanol–water partition coefficient (Wildman–Crippen LogP) is 29.3. The summed E-state index contributed by atoms with van der Waals surface area (Å²) < 4.78 is 7.05. The zero-order chi connectivity index (χ0) is 75.6. The van der Waals surface area contributed by atoms with Gasteiger partial charge in [0.25, 0.3) is 0 Å². The van der Waals surface area contributed by atoms with Crippen LogP contribution in [-0.4, -0.2) is 23.7 Å². The zero-order valence-corrected chi connectivity index (χ0v) is 62.6. The molecule has 0 saturated carbocycles. The molecule has 0 aliphatic heterocycles. The van der Waals surface area contributed by atoms with Gasteiger partial charge in [-0.1, -0.05) is 346 Å². The first kappa shape index (κ1) is 65.6. The van der Waals surface area contributed by atoms with E-state index in [4.69, 9.17) is 9.97 Å². The molecule has 23 aromatic rings. The van der Waals surface area contributed by atoms with E-state index in [2.05, 4.69) is 432 Å². The fourth-order valence-electron chi connectivity index (χ4n) is 19.1. The first-order chi connectivity index (χ1) is 57.1. The summed E-state index contributed by atoms with van der Waals surface area (Å²) in [6, 6.07) is 155. The van der Waals surface area contributed by atoms with Crippen LogP contribution in [0.3, 0.4) is 0 Å². The molecular weight excluding hydrogens is 1390 g/mol. The highest BCUT2D eigenvalue weighted by molar-refractivity contribution is 6.46. The van der Waals surface area contributed by atoms with Gasteiger partial charge in [-0.2, -0.15) is 0 Å². The lowest BCUT2D eigenvalue weighted by Crippen LogP contribution is -2.02. The monoisotopic (exact) mass is 1460 g/mol. The molecule has 0 fully saturated rings. The number of imidazole rings is 2. The smallest absolute Gasteiger partial charge is 0.145 e. The van der Waals surface area contributed by atoms with Gasteiger partial charge in [-0.3, -0.25) is 9.13 Å². The highest BCUT2D eigenvalue weighted by atomic mass is 15.1. The van der Waals surface area contributed by atoms with Gasteiger partial charge in [0.05, 0.1) is 33.1 Å². The van der Waals surface area contributed by atoms with Crippen LogP contribution in [0, 0.1) is 0 Å². The molecular formula is C110H69N5. The molecule has 3 heterocycles. The summed E-state index contributed by atoms with van der Waals surface area (Å²) >= 11 is 0. The van der Waals surface area contributed by atoms with Crippen molar-refractivity contribution < 1.29 is 0 Å². The van der Waals surface area contributed by atoms with Crippen molar-refractivity contribution >= 4 is 97.7 Å². The van der Waals surface area contributed by atoms with Crippen molar-refractivity contribution in [3.63, 3.8) is 0 Å². The second kappa shape index (κ2) is 26.7. The van der Waals surface area contributed by atoms with E-state index in [9.17, 15) is 0 Å². The molecule has 5 nitrogen and oxygen atoms in total. The first-order valence-corrected chi connectivity index (χ1v) is 39.5. The molecule has 20 aromatic carbocycles. The Hall–Kier alpha value is -15.3. The maximum Gasteiger partial charge on any atom is 0.145 e. The van der Waals surface area contributed by atoms with Crippen molar-refractivity contribution in [3.05, 3.63) is 419 Å². The van der Waals surface area contributed by atoms with Crippen LogP contribution in [-0.2, 0) is 0 Å². The molecule has 0 aliphatic carbocycles. The van der Waals surface area contributed by atoms with Crippen LogP contribution < -0.4 is 0 Å². The minimum Gasteiger partial charge on any atom is -0.309 e. The summed E-state index contributed by atoms with van der Waals surface area (Å²) in [6.07, 6.45) is 0. The minimum absolute atomic E-state index is 0.872. The van der Waals surface area contributed by atoms with E-state index in [1.165, 1.54) is 65.3 Å². The summed E-state index contributed by atoms with van der Waals surface area (Å²) in [5.74, 6) is 1.75. The largest absolute Gasteiger partial charge is 0.309 e. The van der Waals surface area contributed by atoms with Crippen molar-refractivity contribution in [3.8, 4) is 129 Å². The van der Waals surface area contributed by atoms with Crippen molar-refractivity contribution in [2.75, 3.05) is 0 Å². The number of hydrogen-bond donors (Lipinski definition) is 0. The molecule has 0 atom stereocenters. The highest BCUT2D eigenvalue weighted by Crippen LogP contribution is 2.60. The lowest BCUT2D eigenvalue weighted by molar-refractivity contribution is 1.10. The van der Waals surface area contributed by atoms with Crippen LogP contribution >= 0.6 is 0 Å². The molecule has 0 unspecified atom stereocenters. The molecule has 5 heteroatoms. The van der Waals surface area contributed by atoms with Crippen LogP contribution in [0.15, 0.2) is 419 Å². The Kier molecular flexibility index (Phi) is 15.2. The Labute approximate surface area is 664 Å². The molecule has 0 amide bonds. The molecule has 0 N–H and O–H groups in total. The predicted molar refractivity (Wildman–Crippen MR) is 483 cm³/mol. The van der Waals surface area contributed by atoms with E-state index in [1.54, 1.807) is 0 Å². The van der Waals surface area contributed by atoms with Gasteiger partial charge >= 0.3 is 0 Å². The van der Waals surface area contributed by atoms with Gasteiger partial charge in [0.1, 0.15) is 11.6 Å². The Bertz CT molecular complexity index is 7670. The summed E-state index contributed by atoms with van der Waals surface area (Å²) in [4.78, 5) is 10.9. The van der Waals surface area contributed by atoms with Crippen LogP contribution in [0.5, 0.6) is 0 Å². The third kappa shape index (κ3) is 10.3. The third-order valence-corrected chi connectivity index (χ3v) is 23.8. The van der Waals surface area contributed by atoms with Gasteiger partial charge < -0.3 is 4.57 Å². The summed E-state index contributed by atoms with van der Waals surface area (Å²) in [5.41, 5.74) is 29.7. The van der Waals surface area contributed by atoms with Crippen molar-refractivity contribution in [1.29, 1.82) is 0 Å². The van der Waals surface area contributed by atoms with E-state index in [-0.39, 0.29) is 0 Å². The standard InChI is InChI=1S/C110H69N5/c1-8-32-70(33-9-1)95-96(71-34-10-2-11-35-71)100(74-40-16-5-17-41-74)106-86-49-31-51-88-104(86)103-85(105(106)99(95)73-38-14-4-15-39-73)48-30-50-87(103)107-101(75-58-62-78(63-59-75)109-111-89-52-24-28-56-93(89)114(109)80-42-18-6-19-43-80)97(72-36-12-3-13-37-72)98(77-66-68-82(69-67-77)113-91-54-26-22-46-83(91)84-47-23-27-55-92(84)113)102(108(88)107)76-60-64-79(65-61-76)110-112-90-53-25-29-57-94(90)115(110)81-44-20-7-21-45-81/h1-69H. The Balaban J connectivity index is 0.916. The second-order valence-corrected chi connectivity index (χ2v) is 30.0. The molecule has 0 aliphatic rings. The molecule has 23 rings (SSSR count). The van der Waals surface area contributed by atoms with E-state index in [0.717, 1.165) is 161 Å². The maximum absolute atomic E-state index is 5.48. The highest BCUT2D eigenvalue weighted by Gasteiger charge is 2.33. The van der Waals surface area contributed by atoms with Gasteiger partial charge in [-0.05, 0) is 216 Å². The van der Waals surface area contributed by atoms with E-state index < -0.39 is 0 Å². The average molecular weight is 1460 g/mol. The van der Waals surface area contributed by atoms with Gasteiger partial charge in [0.2, 0.25) is 0 Å². The fraction of sp³-hybridized carbons (Fsp3) is 0. The number of nitrogens with zero attached hydrogens (tertiary/aromatic N) is 5. The van der Waals surface area contributed by atoms with E-state index in [1.807, 2.05) is 0 Å². The number of para-hydroxylation sites is 8. The molecule has 0 bridgehead atoms. The number of hydrogen-bond acceptors (Lipinski definition) is 2. The number of rotatable bonds is 13. The van der Waals surface area contributed by atoms with Crippen LogP contribution in [0.25, 0.3) is 227 Å². The van der Waals surface area contributed by atoms with Crippen molar-refractivity contribution in [2.45, 2.75) is 0 Å². The summed E-state index contributed by atoms with van der Waals surface area (Å²) in [5, 5.41) is 14.3. The molecule has 115 heavy (non-hydrogen) atoms. The summed E-state index contributed by atoms with van der Waals surface area (Å²) in [6.45, 7) is 0. The quantitative estimate of drug-likeness (QED) is 0.0853. The Morgan fingerprint density at radius 3 is 0.696 bits per heavy atom. The number of benzene rings is 20. The topological polar surface area (TPSA) is 40.6 Å². The van der Waals surface area contributed by atoms with Gasteiger partial charge in [0, 0.05) is 39.0 Å². The van der Waals surface area contributed by atoms with Crippen molar-refractivity contribution in [2.24, 2.45) is 0 Å². The lowest BCUT2D eigenvalue weighted by Gasteiger charge is -2.29. The third-order valence-electron chi connectivity index (χ3n) is 23.8. The van der Waals surface area contributed by atoms with Crippen LogP contribution in [0.2, 0.25) is 0 Å². The molecule has 0 radical (unpaired) electrons. The molecule has 3 aromatic heterocycles. The summed E-state index contributed by atoms with van der Waals surface area (Å²) in [7, 11) is 0. The van der Waals surface area contributed by atoms with Crippen molar-refractivity contribution in [1.82, 2.24) is 23.7 Å². The second-order valence-electron chi connectivity index (χ2n) is 30.0. The van der Waals surface area contributed by atoms with Crippen LogP contribution in [0.1, 0.15) is 0 Å². The van der Waals surface area contributed by atoms with Gasteiger partial charge in [0.15, 0.2) is 0 Å². The average Bonchev–Trinajstić information content (AvgIpc) is 1.25. The number of fused-ring (bicyclic) bond motifs is 11. The van der Waals surface area contributed by atoms with E-state index in [0.29, 0.717) is 0 Å². The van der Waals surface area contributed by atoms with E-state index >= 15 is 0 Å². The molecule has 0 spiro atoms. The fourth-order valence-corrected chi connectivity index (χ4v) is 19.1. The Morgan fingerprint density at radius 1 is 0.139 bits per heavy atom. The van der Waals surface area contributed by atoms with Gasteiger partial charge in [-0.15, -0.1) is 0 Å². The zero-order valence-electron chi connectivity index (χ0n) is 62.6. The lowest BCUT2D eigenvalue weighted by atomic mass is 9.73. The minimum atomic E-state index is 0.872. The normalized spacial score (nSPS) is 11.8. The van der Waals surface area contributed by atoms with Gasteiger partial charge in [-0.25, -0.2) is 9.97 Å².